The van der Waals surface area contributed by atoms with Gasteiger partial charge in [-0.05, 0) is 30.9 Å². The van der Waals surface area contributed by atoms with Gasteiger partial charge in [-0.1, -0.05) is 6.07 Å². The first-order valence-corrected chi connectivity index (χ1v) is 5.58. The zero-order chi connectivity index (χ0) is 9.97. The summed E-state index contributed by atoms with van der Waals surface area (Å²) in [5.74, 6) is 1.60. The Morgan fingerprint density at radius 2 is 2.29 bits per heavy atom. The zero-order valence-corrected chi connectivity index (χ0v) is 9.17. The van der Waals surface area contributed by atoms with Gasteiger partial charge in [-0.25, -0.2) is 4.98 Å². The number of alkyl halides is 1. The molecule has 0 bridgehead atoms. The van der Waals surface area contributed by atoms with E-state index in [1.807, 2.05) is 12.3 Å². The fourth-order valence-electron chi connectivity index (χ4n) is 1.67. The number of pyridine rings is 1. The Balaban J connectivity index is 2.07. The SMILES string of the molecule is CN(c1ccc(CCl)cn1)C1CCC1. The van der Waals surface area contributed by atoms with Gasteiger partial charge in [0.2, 0.25) is 0 Å². The number of hydrogen-bond acceptors (Lipinski definition) is 2. The average Bonchev–Trinajstić information content (AvgIpc) is 2.15. The molecule has 0 atom stereocenters. The number of nitrogens with zero attached hydrogens (tertiary/aromatic N) is 2. The normalized spacial score (nSPS) is 16.4. The Bertz CT molecular complexity index is 293. The van der Waals surface area contributed by atoms with Crippen molar-refractivity contribution in [1.29, 1.82) is 0 Å². The van der Waals surface area contributed by atoms with Crippen LogP contribution < -0.4 is 4.90 Å². The third kappa shape index (κ3) is 1.85. The molecular formula is C11H15ClN2. The molecule has 0 aliphatic heterocycles. The molecule has 14 heavy (non-hydrogen) atoms. The van der Waals surface area contributed by atoms with Gasteiger partial charge in [0, 0.05) is 25.2 Å². The van der Waals surface area contributed by atoms with Crippen LogP contribution in [0.3, 0.4) is 0 Å². The Kier molecular flexibility index (Phi) is 2.92. The second kappa shape index (κ2) is 4.18. The van der Waals surface area contributed by atoms with Crippen molar-refractivity contribution >= 4 is 17.4 Å². The predicted octanol–water partition coefficient (Wildman–Crippen LogP) is 2.81. The monoisotopic (exact) mass is 210 g/mol. The Morgan fingerprint density at radius 1 is 1.50 bits per heavy atom. The van der Waals surface area contributed by atoms with Crippen molar-refractivity contribution < 1.29 is 0 Å². The molecule has 1 aromatic rings. The van der Waals surface area contributed by atoms with E-state index in [4.69, 9.17) is 11.6 Å². The summed E-state index contributed by atoms with van der Waals surface area (Å²) < 4.78 is 0. The number of hydrogen-bond donors (Lipinski definition) is 0. The molecule has 0 N–H and O–H groups in total. The van der Waals surface area contributed by atoms with E-state index in [0.717, 1.165) is 11.4 Å². The van der Waals surface area contributed by atoms with Crippen LogP contribution in [0.1, 0.15) is 24.8 Å². The van der Waals surface area contributed by atoms with Crippen LogP contribution in [0.5, 0.6) is 0 Å². The second-order valence-corrected chi connectivity index (χ2v) is 4.12. The molecule has 0 amide bonds. The summed E-state index contributed by atoms with van der Waals surface area (Å²) in [7, 11) is 2.12. The van der Waals surface area contributed by atoms with Gasteiger partial charge in [-0.15, -0.1) is 11.6 Å². The molecule has 0 aromatic carbocycles. The van der Waals surface area contributed by atoms with Gasteiger partial charge in [-0.2, -0.15) is 0 Å². The Hall–Kier alpha value is -0.760. The van der Waals surface area contributed by atoms with Gasteiger partial charge in [0.1, 0.15) is 5.82 Å². The lowest BCUT2D eigenvalue weighted by Gasteiger charge is -2.35. The maximum atomic E-state index is 5.71. The molecular weight excluding hydrogens is 196 g/mol. The Labute approximate surface area is 89.9 Å². The number of anilines is 1. The maximum Gasteiger partial charge on any atom is 0.128 e. The molecule has 0 spiro atoms. The summed E-state index contributed by atoms with van der Waals surface area (Å²) in [6.07, 6.45) is 5.82. The number of aromatic nitrogens is 1. The number of halogens is 1. The van der Waals surface area contributed by atoms with Crippen molar-refractivity contribution in [1.82, 2.24) is 4.98 Å². The van der Waals surface area contributed by atoms with E-state index < -0.39 is 0 Å². The minimum atomic E-state index is 0.542. The number of rotatable bonds is 3. The van der Waals surface area contributed by atoms with Gasteiger partial charge in [0.05, 0.1) is 0 Å². The second-order valence-electron chi connectivity index (χ2n) is 3.85. The van der Waals surface area contributed by atoms with Crippen LogP contribution >= 0.6 is 11.6 Å². The molecule has 0 unspecified atom stereocenters. The summed E-state index contributed by atoms with van der Waals surface area (Å²) in [6.45, 7) is 0. The average molecular weight is 211 g/mol. The van der Waals surface area contributed by atoms with Gasteiger partial charge < -0.3 is 4.90 Å². The summed E-state index contributed by atoms with van der Waals surface area (Å²) >= 11 is 5.71. The van der Waals surface area contributed by atoms with Crippen molar-refractivity contribution in [3.05, 3.63) is 23.9 Å². The topological polar surface area (TPSA) is 16.1 Å². The zero-order valence-electron chi connectivity index (χ0n) is 8.41. The molecule has 1 aliphatic carbocycles. The van der Waals surface area contributed by atoms with Gasteiger partial charge >= 0.3 is 0 Å². The fourth-order valence-corrected chi connectivity index (χ4v) is 1.82. The molecule has 1 saturated carbocycles. The lowest BCUT2D eigenvalue weighted by atomic mass is 9.92. The van der Waals surface area contributed by atoms with Crippen LogP contribution in [0.15, 0.2) is 18.3 Å². The molecule has 1 aliphatic rings. The van der Waals surface area contributed by atoms with E-state index in [-0.39, 0.29) is 0 Å². The molecule has 3 heteroatoms. The highest BCUT2D eigenvalue weighted by atomic mass is 35.5. The molecule has 0 saturated heterocycles. The molecule has 2 nitrogen and oxygen atoms in total. The van der Waals surface area contributed by atoms with Crippen molar-refractivity contribution in [3.63, 3.8) is 0 Å². The van der Waals surface area contributed by atoms with Gasteiger partial charge in [0.25, 0.3) is 0 Å². The van der Waals surface area contributed by atoms with Crippen LogP contribution in [-0.2, 0) is 5.88 Å². The summed E-state index contributed by atoms with van der Waals surface area (Å²) in [5, 5.41) is 0. The quantitative estimate of drug-likeness (QED) is 0.714. The molecule has 1 fully saturated rings. The van der Waals surface area contributed by atoms with Crippen molar-refractivity contribution in [2.24, 2.45) is 0 Å². The van der Waals surface area contributed by atoms with Crippen molar-refractivity contribution in [3.8, 4) is 0 Å². The lowest BCUT2D eigenvalue weighted by molar-refractivity contribution is 0.399. The molecule has 1 heterocycles. The highest BCUT2D eigenvalue weighted by Crippen LogP contribution is 2.26. The van der Waals surface area contributed by atoms with E-state index in [2.05, 4.69) is 23.0 Å². The molecule has 1 aromatic heterocycles. The largest absolute Gasteiger partial charge is 0.357 e. The summed E-state index contributed by atoms with van der Waals surface area (Å²) in [5.41, 5.74) is 1.08. The lowest BCUT2D eigenvalue weighted by Crippen LogP contribution is -2.37. The first kappa shape index (κ1) is 9.78. The van der Waals surface area contributed by atoms with Crippen LogP contribution in [0, 0.1) is 0 Å². The van der Waals surface area contributed by atoms with Crippen molar-refractivity contribution in [2.45, 2.75) is 31.2 Å². The standard InChI is InChI=1S/C11H15ClN2/c1-14(10-3-2-4-10)11-6-5-9(7-12)8-13-11/h5-6,8,10H,2-4,7H2,1H3. The molecule has 2 rings (SSSR count). The van der Waals surface area contributed by atoms with Crippen LogP contribution in [0.2, 0.25) is 0 Å². The van der Waals surface area contributed by atoms with E-state index in [9.17, 15) is 0 Å². The van der Waals surface area contributed by atoms with Gasteiger partial charge in [0.15, 0.2) is 0 Å². The van der Waals surface area contributed by atoms with Crippen LogP contribution in [0.4, 0.5) is 5.82 Å². The van der Waals surface area contributed by atoms with Crippen LogP contribution in [0.25, 0.3) is 0 Å². The van der Waals surface area contributed by atoms with Crippen molar-refractivity contribution in [2.75, 3.05) is 11.9 Å². The maximum absolute atomic E-state index is 5.71. The summed E-state index contributed by atoms with van der Waals surface area (Å²) in [6, 6.07) is 4.80. The third-order valence-electron chi connectivity index (χ3n) is 2.95. The molecule has 0 radical (unpaired) electrons. The predicted molar refractivity (Wildman–Crippen MR) is 59.8 cm³/mol. The first-order valence-electron chi connectivity index (χ1n) is 5.05. The Morgan fingerprint density at radius 3 is 2.71 bits per heavy atom. The summed E-state index contributed by atoms with van der Waals surface area (Å²) in [4.78, 5) is 6.66. The van der Waals surface area contributed by atoms with E-state index in [0.29, 0.717) is 11.9 Å². The van der Waals surface area contributed by atoms with Crippen LogP contribution in [-0.4, -0.2) is 18.1 Å². The first-order chi connectivity index (χ1) is 6.81. The third-order valence-corrected chi connectivity index (χ3v) is 3.26. The fraction of sp³-hybridized carbons (Fsp3) is 0.545. The van der Waals surface area contributed by atoms with Gasteiger partial charge in [-0.3, -0.25) is 0 Å². The smallest absolute Gasteiger partial charge is 0.128 e. The highest BCUT2D eigenvalue weighted by molar-refractivity contribution is 6.17. The highest BCUT2D eigenvalue weighted by Gasteiger charge is 2.22. The van der Waals surface area contributed by atoms with E-state index in [1.54, 1.807) is 0 Å². The van der Waals surface area contributed by atoms with E-state index in [1.165, 1.54) is 19.3 Å². The minimum Gasteiger partial charge on any atom is -0.357 e. The minimum absolute atomic E-state index is 0.542. The van der Waals surface area contributed by atoms with E-state index >= 15 is 0 Å². The molecule has 76 valence electrons.